The van der Waals surface area contributed by atoms with Crippen LogP contribution in [0.4, 0.5) is 0 Å². The maximum atomic E-state index is 12.9. The number of aliphatic carboxylic acids is 3. The number of carbonyl (C=O) groups is 5. The highest BCUT2D eigenvalue weighted by atomic mass is 16.4. The molecule has 2 amide bonds. The summed E-state index contributed by atoms with van der Waals surface area (Å²) in [5, 5.41) is 30.9. The Morgan fingerprint density at radius 1 is 0.553 bits per heavy atom. The first-order valence-electron chi connectivity index (χ1n) is 12.8. The molecule has 0 spiro atoms. The topological polar surface area (TPSA) is 200 Å². The van der Waals surface area contributed by atoms with Gasteiger partial charge in [-0.1, -0.05) is 0 Å². The van der Waals surface area contributed by atoms with Crippen LogP contribution in [0.25, 0.3) is 0 Å². The Bertz CT molecular complexity index is 790. The number of rotatable bonds is 11. The molecule has 2 aliphatic rings. The van der Waals surface area contributed by atoms with Crippen LogP contribution in [0.2, 0.25) is 0 Å². The minimum absolute atomic E-state index is 0.0219. The number of carboxylic acids is 3. The molecule has 2 saturated heterocycles. The third kappa shape index (κ3) is 13.1. The van der Waals surface area contributed by atoms with E-state index in [-0.39, 0.29) is 50.6 Å². The third-order valence-corrected chi connectivity index (χ3v) is 6.71. The van der Waals surface area contributed by atoms with Gasteiger partial charge in [-0.3, -0.25) is 48.5 Å². The van der Waals surface area contributed by atoms with Crippen LogP contribution in [0.3, 0.4) is 0 Å². The molecule has 2 rings (SSSR count). The van der Waals surface area contributed by atoms with Gasteiger partial charge in [0.2, 0.25) is 11.8 Å². The molecule has 0 unspecified atom stereocenters. The van der Waals surface area contributed by atoms with Crippen LogP contribution >= 0.6 is 0 Å². The van der Waals surface area contributed by atoms with Crippen molar-refractivity contribution >= 4 is 29.7 Å². The van der Waals surface area contributed by atoms with Gasteiger partial charge in [0, 0.05) is 71.5 Å². The first-order chi connectivity index (χ1) is 18.0. The molecule has 6 N–H and O–H groups in total. The van der Waals surface area contributed by atoms with Gasteiger partial charge in [-0.15, -0.1) is 0 Å². The fraction of sp³-hybridized carbons (Fsp3) is 0.783. The molecule has 2 fully saturated rings. The summed E-state index contributed by atoms with van der Waals surface area (Å²) in [7, 11) is 0. The SMILES string of the molecule is NC(=O)CN1CCC(NC(=O)CN2CCN(CC(=O)O)CCN(CC(=O)O)CCN(CC(=O)O)CC2)CC1. The zero-order valence-corrected chi connectivity index (χ0v) is 21.8. The lowest BCUT2D eigenvalue weighted by Gasteiger charge is -2.34. The van der Waals surface area contributed by atoms with E-state index in [1.54, 1.807) is 14.7 Å². The van der Waals surface area contributed by atoms with Gasteiger partial charge in [-0.2, -0.15) is 0 Å². The second-order valence-corrected chi connectivity index (χ2v) is 9.87. The lowest BCUT2D eigenvalue weighted by atomic mass is 10.0. The number of likely N-dealkylation sites (tertiary alicyclic amines) is 1. The van der Waals surface area contributed by atoms with Gasteiger partial charge >= 0.3 is 17.9 Å². The van der Waals surface area contributed by atoms with Gasteiger partial charge < -0.3 is 26.4 Å². The molecule has 0 aromatic rings. The maximum absolute atomic E-state index is 12.9. The summed E-state index contributed by atoms with van der Waals surface area (Å²) in [4.78, 5) is 67.0. The van der Waals surface area contributed by atoms with Crippen molar-refractivity contribution in [1.82, 2.24) is 29.8 Å². The Labute approximate surface area is 222 Å². The molecular weight excluding hydrogens is 502 g/mol. The molecule has 0 atom stereocenters. The number of piperidine rings is 1. The number of nitrogens with zero attached hydrogens (tertiary/aromatic N) is 5. The van der Waals surface area contributed by atoms with E-state index < -0.39 is 17.9 Å². The van der Waals surface area contributed by atoms with Crippen LogP contribution in [0.1, 0.15) is 12.8 Å². The first kappa shape index (κ1) is 31.4. The standard InChI is InChI=1S/C23H41N7O8/c24-19(31)13-26-3-1-18(2-4-26)25-20(32)14-27-5-7-28(15-21(33)34)9-11-30(17-23(37)38)12-10-29(8-6-27)16-22(35)36/h18H,1-17H2,(H2,24,31)(H,25,32)(H,33,34)(H,35,36)(H,37,38). The molecule has 0 bridgehead atoms. The number of nitrogens with two attached hydrogens (primary N) is 1. The van der Waals surface area contributed by atoms with Crippen LogP contribution in [-0.4, -0.2) is 174 Å². The van der Waals surface area contributed by atoms with Crippen LogP contribution in [0.5, 0.6) is 0 Å². The zero-order chi connectivity index (χ0) is 28.1. The van der Waals surface area contributed by atoms with Crippen LogP contribution < -0.4 is 11.1 Å². The number of carbonyl (C=O) groups excluding carboxylic acids is 2. The van der Waals surface area contributed by atoms with Crippen molar-refractivity contribution in [2.45, 2.75) is 18.9 Å². The normalized spacial score (nSPS) is 20.7. The molecule has 0 saturated carbocycles. The number of hydrogen-bond donors (Lipinski definition) is 5. The predicted octanol–water partition coefficient (Wildman–Crippen LogP) is -3.47. The van der Waals surface area contributed by atoms with Crippen molar-refractivity contribution in [3.63, 3.8) is 0 Å². The van der Waals surface area contributed by atoms with Crippen LogP contribution in [-0.2, 0) is 24.0 Å². The first-order valence-corrected chi connectivity index (χ1v) is 12.8. The molecule has 0 aromatic heterocycles. The lowest BCUT2D eigenvalue weighted by Crippen LogP contribution is -2.51. The van der Waals surface area contributed by atoms with Crippen LogP contribution in [0.15, 0.2) is 0 Å². The average Bonchev–Trinajstić information content (AvgIpc) is 2.80. The van der Waals surface area contributed by atoms with E-state index in [0.717, 1.165) is 0 Å². The fourth-order valence-electron chi connectivity index (χ4n) is 4.72. The molecule has 216 valence electrons. The largest absolute Gasteiger partial charge is 0.480 e. The molecule has 2 heterocycles. The summed E-state index contributed by atoms with van der Waals surface area (Å²) in [6.07, 6.45) is 1.40. The molecule has 0 radical (unpaired) electrons. The monoisotopic (exact) mass is 543 g/mol. The van der Waals surface area contributed by atoms with Crippen molar-refractivity contribution in [2.24, 2.45) is 5.73 Å². The van der Waals surface area contributed by atoms with Crippen molar-refractivity contribution in [3.8, 4) is 0 Å². The summed E-state index contributed by atoms with van der Waals surface area (Å²) in [6, 6.07) is -0.0219. The zero-order valence-electron chi connectivity index (χ0n) is 21.8. The van der Waals surface area contributed by atoms with Gasteiger partial charge in [0.05, 0.1) is 32.7 Å². The van der Waals surface area contributed by atoms with E-state index in [1.165, 1.54) is 0 Å². The van der Waals surface area contributed by atoms with Crippen molar-refractivity contribution in [3.05, 3.63) is 0 Å². The van der Waals surface area contributed by atoms with Gasteiger partial charge in [0.25, 0.3) is 0 Å². The summed E-state index contributed by atoms with van der Waals surface area (Å²) in [5.41, 5.74) is 5.25. The fourth-order valence-corrected chi connectivity index (χ4v) is 4.72. The van der Waals surface area contributed by atoms with Crippen molar-refractivity contribution < 1.29 is 39.3 Å². The highest BCUT2D eigenvalue weighted by molar-refractivity contribution is 5.78. The quantitative estimate of drug-likeness (QED) is 0.172. The van der Waals surface area contributed by atoms with E-state index in [2.05, 4.69) is 5.32 Å². The van der Waals surface area contributed by atoms with E-state index >= 15 is 0 Å². The van der Waals surface area contributed by atoms with E-state index in [0.29, 0.717) is 78.3 Å². The predicted molar refractivity (Wildman–Crippen MR) is 135 cm³/mol. The molecule has 0 aromatic carbocycles. The number of carboxylic acid groups (broad SMARTS) is 3. The van der Waals surface area contributed by atoms with E-state index in [9.17, 15) is 39.3 Å². The minimum Gasteiger partial charge on any atom is -0.480 e. The maximum Gasteiger partial charge on any atom is 0.317 e. The summed E-state index contributed by atoms with van der Waals surface area (Å²) in [5.74, 6) is -3.57. The average molecular weight is 544 g/mol. The summed E-state index contributed by atoms with van der Waals surface area (Å²) in [6.45, 7) is 3.69. The highest BCUT2D eigenvalue weighted by Gasteiger charge is 2.24. The van der Waals surface area contributed by atoms with Crippen LogP contribution in [0, 0.1) is 0 Å². The third-order valence-electron chi connectivity index (χ3n) is 6.71. The second kappa shape index (κ2) is 16.2. The summed E-state index contributed by atoms with van der Waals surface area (Å²) < 4.78 is 0. The lowest BCUT2D eigenvalue weighted by molar-refractivity contribution is -0.140. The Balaban J connectivity index is 2.01. The molecule has 15 nitrogen and oxygen atoms in total. The Morgan fingerprint density at radius 3 is 1.18 bits per heavy atom. The molecule has 2 aliphatic heterocycles. The van der Waals surface area contributed by atoms with Gasteiger partial charge in [-0.25, -0.2) is 0 Å². The van der Waals surface area contributed by atoms with Gasteiger partial charge in [-0.05, 0) is 12.8 Å². The van der Waals surface area contributed by atoms with Gasteiger partial charge in [0.15, 0.2) is 0 Å². The molecule has 38 heavy (non-hydrogen) atoms. The Kier molecular flexibility index (Phi) is 13.4. The number of primary amides is 1. The molecule has 0 aliphatic carbocycles. The smallest absolute Gasteiger partial charge is 0.317 e. The Hall–Kier alpha value is -2.85. The molecule has 15 heteroatoms. The Morgan fingerprint density at radius 2 is 0.868 bits per heavy atom. The van der Waals surface area contributed by atoms with E-state index in [1.807, 2.05) is 9.80 Å². The van der Waals surface area contributed by atoms with Crippen molar-refractivity contribution in [2.75, 3.05) is 98.2 Å². The highest BCUT2D eigenvalue weighted by Crippen LogP contribution is 2.10. The van der Waals surface area contributed by atoms with Crippen molar-refractivity contribution in [1.29, 1.82) is 0 Å². The summed E-state index contributed by atoms with van der Waals surface area (Å²) >= 11 is 0. The van der Waals surface area contributed by atoms with E-state index in [4.69, 9.17) is 5.73 Å². The second-order valence-electron chi connectivity index (χ2n) is 9.87. The van der Waals surface area contributed by atoms with Gasteiger partial charge in [0.1, 0.15) is 0 Å². The number of nitrogens with one attached hydrogen (secondary N) is 1. The molecular formula is C23H41N7O8. The number of hydrogen-bond acceptors (Lipinski definition) is 10. The number of amides is 2. The minimum atomic E-state index is -1.01.